The van der Waals surface area contributed by atoms with Crippen LogP contribution in [0.4, 0.5) is 34.1 Å². The molecule has 7 heteroatoms. The quantitative estimate of drug-likeness (QED) is 0.235. The molecule has 3 aromatic carbocycles. The number of amides is 1. The highest BCUT2D eigenvalue weighted by Gasteiger charge is 2.10. The van der Waals surface area contributed by atoms with Crippen molar-refractivity contribution in [1.29, 1.82) is 0 Å². The third kappa shape index (κ3) is 5.67. The highest BCUT2D eigenvalue weighted by molar-refractivity contribution is 6.05. The highest BCUT2D eigenvalue weighted by Crippen LogP contribution is 2.29. The number of anilines is 6. The second kappa shape index (κ2) is 10.4. The molecule has 0 fully saturated rings. The summed E-state index contributed by atoms with van der Waals surface area (Å²) in [5, 5.41) is 10.8. The molecule has 0 aliphatic heterocycles. The first-order valence-electron chi connectivity index (χ1n) is 12.0. The summed E-state index contributed by atoms with van der Waals surface area (Å²) in [6.07, 6.45) is 3.55. The molecule has 5 aromatic rings. The van der Waals surface area contributed by atoms with Gasteiger partial charge in [-0.15, -0.1) is 0 Å². The van der Waals surface area contributed by atoms with E-state index in [9.17, 15) is 4.79 Å². The molecule has 37 heavy (non-hydrogen) atoms. The van der Waals surface area contributed by atoms with Crippen molar-refractivity contribution in [3.63, 3.8) is 0 Å². The van der Waals surface area contributed by atoms with E-state index >= 15 is 0 Å². The smallest absolute Gasteiger partial charge is 0.255 e. The topological polar surface area (TPSA) is 82.2 Å². The molecule has 0 spiro atoms. The Labute approximate surface area is 216 Å². The normalized spacial score (nSPS) is 10.7. The van der Waals surface area contributed by atoms with E-state index in [1.54, 1.807) is 18.5 Å². The van der Waals surface area contributed by atoms with E-state index in [-0.39, 0.29) is 5.91 Å². The van der Waals surface area contributed by atoms with Crippen LogP contribution in [-0.4, -0.2) is 30.0 Å². The zero-order valence-corrected chi connectivity index (χ0v) is 21.0. The Bertz CT molecular complexity index is 1580. The Hall–Kier alpha value is -4.91. The van der Waals surface area contributed by atoms with Crippen molar-refractivity contribution in [2.45, 2.75) is 6.92 Å². The van der Waals surface area contributed by atoms with Crippen molar-refractivity contribution in [2.24, 2.45) is 0 Å². The van der Waals surface area contributed by atoms with Crippen molar-refractivity contribution < 1.29 is 4.79 Å². The third-order valence-corrected chi connectivity index (χ3v) is 5.95. The van der Waals surface area contributed by atoms with Crippen LogP contribution in [0, 0.1) is 6.92 Å². The molecular weight excluding hydrogens is 460 g/mol. The molecule has 0 saturated heterocycles. The average molecular weight is 489 g/mol. The molecule has 0 atom stereocenters. The van der Waals surface area contributed by atoms with Crippen molar-refractivity contribution in [2.75, 3.05) is 34.9 Å². The zero-order valence-electron chi connectivity index (χ0n) is 21.0. The van der Waals surface area contributed by atoms with Crippen LogP contribution in [0.15, 0.2) is 97.3 Å². The summed E-state index contributed by atoms with van der Waals surface area (Å²) in [7, 11) is 4.02. The number of aryl methyl sites for hydroxylation is 1. The minimum atomic E-state index is -0.185. The number of rotatable bonds is 7. The highest BCUT2D eigenvalue weighted by atomic mass is 16.1. The third-order valence-electron chi connectivity index (χ3n) is 5.95. The molecule has 5 rings (SSSR count). The Balaban J connectivity index is 1.33. The second-order valence-corrected chi connectivity index (χ2v) is 9.01. The van der Waals surface area contributed by atoms with Gasteiger partial charge in [0.15, 0.2) is 0 Å². The monoisotopic (exact) mass is 488 g/mol. The SMILES string of the molecule is Cc1cc(Nc2cccc(NC(=O)c3cccc(Nc4ccnc5ccc(N(C)C)cc45)c3)c2)ccn1. The summed E-state index contributed by atoms with van der Waals surface area (Å²) in [5.41, 5.74) is 7.75. The molecule has 0 aliphatic carbocycles. The van der Waals surface area contributed by atoms with Crippen LogP contribution < -0.4 is 20.9 Å². The first-order chi connectivity index (χ1) is 17.9. The van der Waals surface area contributed by atoms with Gasteiger partial charge in [-0.25, -0.2) is 0 Å². The van der Waals surface area contributed by atoms with E-state index < -0.39 is 0 Å². The van der Waals surface area contributed by atoms with E-state index in [1.165, 1.54) is 0 Å². The molecule has 0 saturated carbocycles. The van der Waals surface area contributed by atoms with Gasteiger partial charge in [0, 0.05) is 77.3 Å². The first kappa shape index (κ1) is 23.8. The summed E-state index contributed by atoms with van der Waals surface area (Å²) < 4.78 is 0. The molecular formula is C30H28N6O. The number of aromatic nitrogens is 2. The van der Waals surface area contributed by atoms with Crippen LogP contribution in [-0.2, 0) is 0 Å². The molecule has 3 N–H and O–H groups in total. The van der Waals surface area contributed by atoms with Gasteiger partial charge in [0.2, 0.25) is 0 Å². The predicted molar refractivity (Wildman–Crippen MR) is 152 cm³/mol. The van der Waals surface area contributed by atoms with Crippen LogP contribution >= 0.6 is 0 Å². The molecule has 2 heterocycles. The van der Waals surface area contributed by atoms with E-state index in [0.29, 0.717) is 11.3 Å². The lowest BCUT2D eigenvalue weighted by atomic mass is 10.1. The maximum atomic E-state index is 13.1. The van der Waals surface area contributed by atoms with Crippen LogP contribution in [0.25, 0.3) is 10.9 Å². The fourth-order valence-corrected chi connectivity index (χ4v) is 4.08. The molecule has 0 unspecified atom stereocenters. The number of hydrogen-bond donors (Lipinski definition) is 3. The number of fused-ring (bicyclic) bond motifs is 1. The second-order valence-electron chi connectivity index (χ2n) is 9.01. The number of pyridine rings is 2. The summed E-state index contributed by atoms with van der Waals surface area (Å²) in [5.74, 6) is -0.185. The number of nitrogens with zero attached hydrogens (tertiary/aromatic N) is 3. The standard InChI is InChI=1S/C30H28N6O/c1-20-16-25(12-14-31-20)33-23-8-5-9-24(18-23)35-30(37)21-6-4-7-22(17-21)34-29-13-15-32-28-11-10-26(36(2)3)19-27(28)29/h4-19H,1-3H3,(H,31,33)(H,32,34)(H,35,37). The summed E-state index contributed by atoms with van der Waals surface area (Å²) in [4.78, 5) is 23.8. The Kier molecular flexibility index (Phi) is 6.68. The Morgan fingerprint density at radius 2 is 1.46 bits per heavy atom. The maximum absolute atomic E-state index is 13.1. The van der Waals surface area contributed by atoms with Gasteiger partial charge in [-0.05, 0) is 79.7 Å². The predicted octanol–water partition coefficient (Wildman–Crippen LogP) is 6.74. The number of nitrogens with one attached hydrogen (secondary N) is 3. The van der Waals surface area contributed by atoms with Crippen LogP contribution in [0.5, 0.6) is 0 Å². The first-order valence-corrected chi connectivity index (χ1v) is 12.0. The summed E-state index contributed by atoms with van der Waals surface area (Å²) in [6, 6.07) is 27.1. The maximum Gasteiger partial charge on any atom is 0.255 e. The molecule has 0 radical (unpaired) electrons. The number of benzene rings is 3. The lowest BCUT2D eigenvalue weighted by Gasteiger charge is -2.15. The van der Waals surface area contributed by atoms with Crippen molar-refractivity contribution in [3.05, 3.63) is 109 Å². The minimum absolute atomic E-state index is 0.185. The number of carbonyl (C=O) groups excluding carboxylic acids is 1. The fourth-order valence-electron chi connectivity index (χ4n) is 4.08. The summed E-state index contributed by atoms with van der Waals surface area (Å²) in [6.45, 7) is 1.95. The van der Waals surface area contributed by atoms with E-state index in [0.717, 1.165) is 45.0 Å². The largest absolute Gasteiger partial charge is 0.378 e. The van der Waals surface area contributed by atoms with Crippen LogP contribution in [0.1, 0.15) is 16.1 Å². The summed E-state index contributed by atoms with van der Waals surface area (Å²) >= 11 is 0. The molecule has 0 aliphatic rings. The van der Waals surface area contributed by atoms with Gasteiger partial charge in [0.1, 0.15) is 0 Å². The molecule has 2 aromatic heterocycles. The zero-order chi connectivity index (χ0) is 25.8. The molecule has 184 valence electrons. The van der Waals surface area contributed by atoms with Gasteiger partial charge >= 0.3 is 0 Å². The molecule has 7 nitrogen and oxygen atoms in total. The van der Waals surface area contributed by atoms with Crippen molar-refractivity contribution >= 4 is 50.9 Å². The Morgan fingerprint density at radius 3 is 2.27 bits per heavy atom. The van der Waals surface area contributed by atoms with Crippen molar-refractivity contribution in [3.8, 4) is 0 Å². The van der Waals surface area contributed by atoms with Gasteiger partial charge in [0.05, 0.1) is 5.52 Å². The average Bonchev–Trinajstić information content (AvgIpc) is 2.89. The van der Waals surface area contributed by atoms with Gasteiger partial charge in [-0.3, -0.25) is 14.8 Å². The van der Waals surface area contributed by atoms with Gasteiger partial charge in [-0.2, -0.15) is 0 Å². The van der Waals surface area contributed by atoms with E-state index in [1.807, 2.05) is 93.8 Å². The van der Waals surface area contributed by atoms with E-state index in [2.05, 4.69) is 36.9 Å². The number of hydrogen-bond acceptors (Lipinski definition) is 6. The minimum Gasteiger partial charge on any atom is -0.378 e. The van der Waals surface area contributed by atoms with Gasteiger partial charge < -0.3 is 20.9 Å². The van der Waals surface area contributed by atoms with Gasteiger partial charge in [-0.1, -0.05) is 12.1 Å². The van der Waals surface area contributed by atoms with Crippen molar-refractivity contribution in [1.82, 2.24) is 9.97 Å². The number of carbonyl (C=O) groups is 1. The van der Waals surface area contributed by atoms with Crippen LogP contribution in [0.3, 0.4) is 0 Å². The Morgan fingerprint density at radius 1 is 0.730 bits per heavy atom. The lowest BCUT2D eigenvalue weighted by molar-refractivity contribution is 0.102. The molecule has 1 amide bonds. The molecule has 0 bridgehead atoms. The van der Waals surface area contributed by atoms with Crippen LogP contribution in [0.2, 0.25) is 0 Å². The fraction of sp³-hybridized carbons (Fsp3) is 0.100. The lowest BCUT2D eigenvalue weighted by Crippen LogP contribution is -2.12. The van der Waals surface area contributed by atoms with Gasteiger partial charge in [0.25, 0.3) is 5.91 Å². The van der Waals surface area contributed by atoms with E-state index in [4.69, 9.17) is 0 Å².